The zero-order chi connectivity index (χ0) is 9.82. The highest BCUT2D eigenvalue weighted by Crippen LogP contribution is 2.02. The smallest absolute Gasteiger partial charge is 0.115 e. The fourth-order valence-electron chi connectivity index (χ4n) is 0.428. The number of benzene rings is 1. The molecule has 0 spiro atoms. The molecule has 0 aliphatic carbocycles. The summed E-state index contributed by atoms with van der Waals surface area (Å²) in [5.41, 5.74) is 0. The van der Waals surface area contributed by atoms with Crippen LogP contribution in [0.5, 0.6) is 5.75 Å². The quantitative estimate of drug-likeness (QED) is 0.583. The lowest BCUT2D eigenvalue weighted by Crippen LogP contribution is -1.56. The zero-order valence-electron chi connectivity index (χ0n) is 7.53. The van der Waals surface area contributed by atoms with E-state index in [1.807, 2.05) is 13.0 Å². The SMILES string of the molecule is C=C.C=CC.Oc1ccccc1. The van der Waals surface area contributed by atoms with Gasteiger partial charge in [0.15, 0.2) is 0 Å². The van der Waals surface area contributed by atoms with Crippen molar-refractivity contribution in [2.45, 2.75) is 6.92 Å². The summed E-state index contributed by atoms with van der Waals surface area (Å²) >= 11 is 0. The van der Waals surface area contributed by atoms with E-state index in [1.165, 1.54) is 0 Å². The van der Waals surface area contributed by atoms with Crippen molar-refractivity contribution in [1.82, 2.24) is 0 Å². The second-order valence-corrected chi connectivity index (χ2v) is 1.74. The molecule has 1 nitrogen and oxygen atoms in total. The second kappa shape index (κ2) is 12.2. The predicted octanol–water partition coefficient (Wildman–Crippen LogP) is 3.39. The van der Waals surface area contributed by atoms with Crippen LogP contribution >= 0.6 is 0 Å². The Morgan fingerprint density at radius 3 is 1.67 bits per heavy atom. The van der Waals surface area contributed by atoms with Crippen LogP contribution in [0.15, 0.2) is 56.1 Å². The van der Waals surface area contributed by atoms with Gasteiger partial charge >= 0.3 is 0 Å². The summed E-state index contributed by atoms with van der Waals surface area (Å²) in [6.45, 7) is 11.2. The van der Waals surface area contributed by atoms with Crippen LogP contribution in [0.2, 0.25) is 0 Å². The van der Waals surface area contributed by atoms with Crippen LogP contribution in [-0.4, -0.2) is 5.11 Å². The summed E-state index contributed by atoms with van der Waals surface area (Å²) in [4.78, 5) is 0. The minimum Gasteiger partial charge on any atom is -0.508 e. The van der Waals surface area contributed by atoms with Crippen LogP contribution < -0.4 is 0 Å². The average molecular weight is 164 g/mol. The molecule has 1 heteroatoms. The Hall–Kier alpha value is -1.50. The van der Waals surface area contributed by atoms with Crippen molar-refractivity contribution in [3.63, 3.8) is 0 Å². The van der Waals surface area contributed by atoms with E-state index >= 15 is 0 Å². The Balaban J connectivity index is 0. The van der Waals surface area contributed by atoms with Gasteiger partial charge in [-0.1, -0.05) is 24.3 Å². The Kier molecular flexibility index (Phi) is 13.3. The molecule has 1 N–H and O–H groups in total. The van der Waals surface area contributed by atoms with E-state index in [2.05, 4.69) is 19.7 Å². The Morgan fingerprint density at radius 1 is 1.17 bits per heavy atom. The normalized spacial score (nSPS) is 6.42. The molecule has 0 bridgehead atoms. The molecular formula is C11H16O. The fourth-order valence-corrected chi connectivity index (χ4v) is 0.428. The van der Waals surface area contributed by atoms with E-state index in [1.54, 1.807) is 30.3 Å². The van der Waals surface area contributed by atoms with E-state index < -0.39 is 0 Å². The van der Waals surface area contributed by atoms with Gasteiger partial charge in [-0.2, -0.15) is 0 Å². The molecule has 12 heavy (non-hydrogen) atoms. The van der Waals surface area contributed by atoms with Gasteiger partial charge in [0, 0.05) is 0 Å². The first-order valence-electron chi connectivity index (χ1n) is 3.62. The summed E-state index contributed by atoms with van der Waals surface area (Å²) in [6, 6.07) is 8.71. The number of phenols is 1. The van der Waals surface area contributed by atoms with Gasteiger partial charge in [0.2, 0.25) is 0 Å². The maximum atomic E-state index is 8.63. The minimum absolute atomic E-state index is 0.322. The maximum Gasteiger partial charge on any atom is 0.115 e. The molecule has 1 rings (SSSR count). The average Bonchev–Trinajstić information content (AvgIpc) is 2.11. The van der Waals surface area contributed by atoms with Crippen LogP contribution in [0.4, 0.5) is 0 Å². The summed E-state index contributed by atoms with van der Waals surface area (Å²) in [7, 11) is 0. The number of hydrogen-bond donors (Lipinski definition) is 1. The zero-order valence-corrected chi connectivity index (χ0v) is 7.53. The van der Waals surface area contributed by atoms with Crippen LogP contribution in [0.3, 0.4) is 0 Å². The van der Waals surface area contributed by atoms with Crippen molar-refractivity contribution in [1.29, 1.82) is 0 Å². The summed E-state index contributed by atoms with van der Waals surface area (Å²) in [5.74, 6) is 0.322. The molecule has 1 aromatic carbocycles. The first-order valence-corrected chi connectivity index (χ1v) is 3.62. The van der Waals surface area contributed by atoms with Gasteiger partial charge < -0.3 is 5.11 Å². The van der Waals surface area contributed by atoms with E-state index in [4.69, 9.17) is 5.11 Å². The van der Waals surface area contributed by atoms with Crippen molar-refractivity contribution in [3.05, 3.63) is 56.1 Å². The van der Waals surface area contributed by atoms with E-state index in [0.717, 1.165) is 0 Å². The monoisotopic (exact) mass is 164 g/mol. The molecule has 0 atom stereocenters. The number of para-hydroxylation sites is 1. The molecule has 0 radical (unpaired) electrons. The van der Waals surface area contributed by atoms with Crippen molar-refractivity contribution >= 4 is 0 Å². The molecule has 1 aromatic rings. The molecule has 0 aromatic heterocycles. The third kappa shape index (κ3) is 11.3. The third-order valence-corrected chi connectivity index (χ3v) is 0.756. The number of rotatable bonds is 0. The number of aromatic hydroxyl groups is 1. The molecule has 0 aliphatic heterocycles. The lowest BCUT2D eigenvalue weighted by molar-refractivity contribution is 0.475. The Morgan fingerprint density at radius 2 is 1.50 bits per heavy atom. The summed E-state index contributed by atoms with van der Waals surface area (Å²) < 4.78 is 0. The minimum atomic E-state index is 0.322. The molecule has 0 fully saturated rings. The van der Waals surface area contributed by atoms with Gasteiger partial charge in [-0.25, -0.2) is 0 Å². The molecular weight excluding hydrogens is 148 g/mol. The molecule has 66 valence electrons. The Bertz CT molecular complexity index is 179. The highest BCUT2D eigenvalue weighted by atomic mass is 16.3. The topological polar surface area (TPSA) is 20.2 Å². The van der Waals surface area contributed by atoms with Gasteiger partial charge in [0.05, 0.1) is 0 Å². The number of allylic oxidation sites excluding steroid dienone is 1. The molecule has 0 amide bonds. The van der Waals surface area contributed by atoms with Crippen LogP contribution in [0.25, 0.3) is 0 Å². The summed E-state index contributed by atoms with van der Waals surface area (Å²) in [6.07, 6.45) is 1.75. The molecule has 0 heterocycles. The lowest BCUT2D eigenvalue weighted by Gasteiger charge is -1.82. The van der Waals surface area contributed by atoms with Crippen molar-refractivity contribution < 1.29 is 5.11 Å². The van der Waals surface area contributed by atoms with Gasteiger partial charge in [0.25, 0.3) is 0 Å². The molecule has 0 saturated carbocycles. The van der Waals surface area contributed by atoms with Gasteiger partial charge in [-0.05, 0) is 19.1 Å². The van der Waals surface area contributed by atoms with E-state index in [9.17, 15) is 0 Å². The number of phenolic OH excluding ortho intramolecular Hbond substituents is 1. The molecule has 0 aliphatic rings. The number of hydrogen-bond acceptors (Lipinski definition) is 1. The molecule has 0 unspecified atom stereocenters. The largest absolute Gasteiger partial charge is 0.508 e. The van der Waals surface area contributed by atoms with Crippen LogP contribution in [-0.2, 0) is 0 Å². The standard InChI is InChI=1S/C6H6O.C3H6.C2H4/c7-6-4-2-1-3-5-6;1-3-2;1-2/h1-5,7H;3H,1H2,2H3;1-2H2. The lowest BCUT2D eigenvalue weighted by atomic mass is 10.3. The van der Waals surface area contributed by atoms with Crippen molar-refractivity contribution in [2.24, 2.45) is 0 Å². The van der Waals surface area contributed by atoms with E-state index in [-0.39, 0.29) is 0 Å². The first kappa shape index (κ1) is 13.1. The van der Waals surface area contributed by atoms with Crippen LogP contribution in [0, 0.1) is 0 Å². The fraction of sp³-hybridized carbons (Fsp3) is 0.0909. The highest BCUT2D eigenvalue weighted by Gasteiger charge is 1.74. The summed E-state index contributed by atoms with van der Waals surface area (Å²) in [5, 5.41) is 8.63. The van der Waals surface area contributed by atoms with Crippen LogP contribution in [0.1, 0.15) is 6.92 Å². The second-order valence-electron chi connectivity index (χ2n) is 1.74. The van der Waals surface area contributed by atoms with Crippen molar-refractivity contribution in [3.8, 4) is 5.75 Å². The molecule has 0 saturated heterocycles. The van der Waals surface area contributed by atoms with Gasteiger partial charge in [-0.15, -0.1) is 19.7 Å². The van der Waals surface area contributed by atoms with Crippen molar-refractivity contribution in [2.75, 3.05) is 0 Å². The predicted molar refractivity (Wildman–Crippen MR) is 55.2 cm³/mol. The van der Waals surface area contributed by atoms with Gasteiger partial charge in [0.1, 0.15) is 5.75 Å². The Labute approximate surface area is 74.7 Å². The highest BCUT2D eigenvalue weighted by molar-refractivity contribution is 5.18. The van der Waals surface area contributed by atoms with E-state index in [0.29, 0.717) is 5.75 Å². The first-order chi connectivity index (χ1) is 5.81. The van der Waals surface area contributed by atoms with Gasteiger partial charge in [-0.3, -0.25) is 0 Å². The maximum absolute atomic E-state index is 8.63. The third-order valence-electron chi connectivity index (χ3n) is 0.756.